The third kappa shape index (κ3) is 2.90. The number of H-pyrrole nitrogens is 1. The van der Waals surface area contributed by atoms with Crippen LogP contribution >= 0.6 is 0 Å². The van der Waals surface area contributed by atoms with Gasteiger partial charge in [-0.05, 0) is 32.4 Å². The number of nitrogens with one attached hydrogen (secondary N) is 2. The molecule has 0 amide bonds. The first-order chi connectivity index (χ1) is 8.97. The van der Waals surface area contributed by atoms with Crippen molar-refractivity contribution in [3.63, 3.8) is 0 Å². The Morgan fingerprint density at radius 1 is 1.32 bits per heavy atom. The van der Waals surface area contributed by atoms with Gasteiger partial charge in [0.25, 0.3) is 5.69 Å². The Balaban J connectivity index is 2.20. The Morgan fingerprint density at radius 3 is 2.63 bits per heavy atom. The first-order valence-electron chi connectivity index (χ1n) is 5.97. The maximum Gasteiger partial charge on any atom is 0.274 e. The van der Waals surface area contributed by atoms with Gasteiger partial charge in [-0.25, -0.2) is 4.98 Å². The van der Waals surface area contributed by atoms with E-state index in [9.17, 15) is 10.1 Å². The van der Waals surface area contributed by atoms with Crippen LogP contribution in [0.15, 0.2) is 18.3 Å². The van der Waals surface area contributed by atoms with Crippen molar-refractivity contribution in [2.45, 2.75) is 27.3 Å². The van der Waals surface area contributed by atoms with Crippen molar-refractivity contribution in [3.8, 4) is 0 Å². The minimum Gasteiger partial charge on any atom is -0.379 e. The van der Waals surface area contributed by atoms with E-state index < -0.39 is 0 Å². The number of rotatable bonds is 4. The van der Waals surface area contributed by atoms with E-state index in [4.69, 9.17) is 0 Å². The number of hydrogen-bond acceptors (Lipinski definition) is 4. The van der Waals surface area contributed by atoms with Gasteiger partial charge in [-0.2, -0.15) is 0 Å². The first-order valence-corrected chi connectivity index (χ1v) is 5.97. The molecule has 0 unspecified atom stereocenters. The zero-order valence-corrected chi connectivity index (χ0v) is 11.2. The van der Waals surface area contributed by atoms with Crippen LogP contribution in [0, 0.1) is 30.9 Å². The van der Waals surface area contributed by atoms with Crippen LogP contribution in [-0.4, -0.2) is 14.9 Å². The molecule has 6 nitrogen and oxygen atoms in total. The fraction of sp³-hybridized carbons (Fsp3) is 0.308. The number of benzene rings is 1. The SMILES string of the molecule is Cc1ncc(CNc2cc([N+](=O)[O-])c(C)cc2C)[nH]1. The molecule has 0 saturated heterocycles. The van der Waals surface area contributed by atoms with Crippen LogP contribution in [0.25, 0.3) is 0 Å². The van der Waals surface area contributed by atoms with Gasteiger partial charge in [0.05, 0.1) is 23.4 Å². The molecule has 19 heavy (non-hydrogen) atoms. The number of nitro benzene ring substituents is 1. The molecular formula is C13H16N4O2. The van der Waals surface area contributed by atoms with E-state index in [1.165, 1.54) is 0 Å². The Kier molecular flexibility index (Phi) is 3.50. The van der Waals surface area contributed by atoms with Crippen LogP contribution in [0.3, 0.4) is 0 Å². The van der Waals surface area contributed by atoms with Crippen molar-refractivity contribution in [2.24, 2.45) is 0 Å². The van der Waals surface area contributed by atoms with Crippen molar-refractivity contribution in [3.05, 3.63) is 51.1 Å². The normalized spacial score (nSPS) is 10.5. The number of aromatic nitrogens is 2. The Morgan fingerprint density at radius 2 is 2.05 bits per heavy atom. The maximum absolute atomic E-state index is 10.9. The van der Waals surface area contributed by atoms with Crippen molar-refractivity contribution in [2.75, 3.05) is 5.32 Å². The second-order valence-corrected chi connectivity index (χ2v) is 4.56. The molecule has 0 atom stereocenters. The summed E-state index contributed by atoms with van der Waals surface area (Å²) in [6, 6.07) is 3.40. The number of imidazole rings is 1. The molecule has 0 saturated carbocycles. The third-order valence-corrected chi connectivity index (χ3v) is 2.96. The van der Waals surface area contributed by atoms with Gasteiger partial charge in [-0.3, -0.25) is 10.1 Å². The lowest BCUT2D eigenvalue weighted by molar-refractivity contribution is -0.385. The number of nitro groups is 1. The number of anilines is 1. The molecule has 100 valence electrons. The fourth-order valence-corrected chi connectivity index (χ4v) is 1.98. The summed E-state index contributed by atoms with van der Waals surface area (Å²) < 4.78 is 0. The Hall–Kier alpha value is -2.37. The molecule has 1 aromatic heterocycles. The summed E-state index contributed by atoms with van der Waals surface area (Å²) >= 11 is 0. The van der Waals surface area contributed by atoms with Crippen molar-refractivity contribution in [1.29, 1.82) is 0 Å². The molecule has 1 aromatic carbocycles. The van der Waals surface area contributed by atoms with Gasteiger partial charge in [0.15, 0.2) is 0 Å². The molecular weight excluding hydrogens is 244 g/mol. The highest BCUT2D eigenvalue weighted by Crippen LogP contribution is 2.26. The zero-order chi connectivity index (χ0) is 14.0. The van der Waals surface area contributed by atoms with E-state index in [1.54, 1.807) is 19.2 Å². The monoisotopic (exact) mass is 260 g/mol. The number of aryl methyl sites for hydroxylation is 3. The topological polar surface area (TPSA) is 83.8 Å². The van der Waals surface area contributed by atoms with Crippen LogP contribution < -0.4 is 5.32 Å². The lowest BCUT2D eigenvalue weighted by atomic mass is 10.1. The summed E-state index contributed by atoms with van der Waals surface area (Å²) in [5.74, 6) is 0.850. The number of nitrogens with zero attached hydrogens (tertiary/aromatic N) is 2. The molecule has 0 aliphatic carbocycles. The zero-order valence-electron chi connectivity index (χ0n) is 11.2. The van der Waals surface area contributed by atoms with Gasteiger partial charge in [0.2, 0.25) is 0 Å². The Bertz CT molecular complexity index is 619. The summed E-state index contributed by atoms with van der Waals surface area (Å²) in [7, 11) is 0. The summed E-state index contributed by atoms with van der Waals surface area (Å²) in [6.45, 7) is 6.11. The summed E-state index contributed by atoms with van der Waals surface area (Å²) in [4.78, 5) is 17.8. The molecule has 0 radical (unpaired) electrons. The lowest BCUT2D eigenvalue weighted by Crippen LogP contribution is -2.03. The fourth-order valence-electron chi connectivity index (χ4n) is 1.98. The molecule has 0 aliphatic rings. The smallest absolute Gasteiger partial charge is 0.274 e. The van der Waals surface area contributed by atoms with Crippen LogP contribution in [0.5, 0.6) is 0 Å². The van der Waals surface area contributed by atoms with Crippen LogP contribution in [0.2, 0.25) is 0 Å². The van der Waals surface area contributed by atoms with Crippen molar-refractivity contribution < 1.29 is 4.92 Å². The highest BCUT2D eigenvalue weighted by molar-refractivity contribution is 5.60. The van der Waals surface area contributed by atoms with Crippen molar-refractivity contribution >= 4 is 11.4 Å². The van der Waals surface area contributed by atoms with Crippen LogP contribution in [0.1, 0.15) is 22.6 Å². The molecule has 2 rings (SSSR count). The highest BCUT2D eigenvalue weighted by atomic mass is 16.6. The van der Waals surface area contributed by atoms with Gasteiger partial charge in [-0.1, -0.05) is 0 Å². The highest BCUT2D eigenvalue weighted by Gasteiger charge is 2.13. The standard InChI is InChI=1S/C13H16N4O2/c1-8-4-9(2)13(17(18)19)5-12(8)15-7-11-6-14-10(3)16-11/h4-6,15H,7H2,1-3H3,(H,14,16). The third-order valence-electron chi connectivity index (χ3n) is 2.96. The van der Waals surface area contributed by atoms with Crippen molar-refractivity contribution in [1.82, 2.24) is 9.97 Å². The average Bonchev–Trinajstić information content (AvgIpc) is 2.73. The number of aromatic amines is 1. The van der Waals surface area contributed by atoms with Crippen LogP contribution in [0.4, 0.5) is 11.4 Å². The molecule has 2 N–H and O–H groups in total. The van der Waals surface area contributed by atoms with Gasteiger partial charge < -0.3 is 10.3 Å². The Labute approximate surface area is 111 Å². The number of hydrogen-bond donors (Lipinski definition) is 2. The summed E-state index contributed by atoms with van der Waals surface area (Å²) in [6.07, 6.45) is 1.75. The second kappa shape index (κ2) is 5.09. The molecule has 0 spiro atoms. The summed E-state index contributed by atoms with van der Waals surface area (Å²) in [5.41, 5.74) is 3.50. The minimum absolute atomic E-state index is 0.133. The van der Waals surface area contributed by atoms with Gasteiger partial charge in [-0.15, -0.1) is 0 Å². The van der Waals surface area contributed by atoms with E-state index in [0.717, 1.165) is 22.8 Å². The molecule has 1 heterocycles. The van der Waals surface area contributed by atoms with E-state index in [2.05, 4.69) is 15.3 Å². The predicted molar refractivity (Wildman–Crippen MR) is 73.2 cm³/mol. The van der Waals surface area contributed by atoms with E-state index >= 15 is 0 Å². The largest absolute Gasteiger partial charge is 0.379 e. The summed E-state index contributed by atoms with van der Waals surface area (Å²) in [5, 5.41) is 14.1. The van der Waals surface area contributed by atoms with Gasteiger partial charge >= 0.3 is 0 Å². The van der Waals surface area contributed by atoms with E-state index in [-0.39, 0.29) is 10.6 Å². The molecule has 0 aliphatic heterocycles. The van der Waals surface area contributed by atoms with Gasteiger partial charge in [0.1, 0.15) is 5.82 Å². The molecule has 0 bridgehead atoms. The second-order valence-electron chi connectivity index (χ2n) is 4.56. The lowest BCUT2D eigenvalue weighted by Gasteiger charge is -2.09. The maximum atomic E-state index is 10.9. The minimum atomic E-state index is -0.361. The molecule has 6 heteroatoms. The van der Waals surface area contributed by atoms with Crippen LogP contribution in [-0.2, 0) is 6.54 Å². The quantitative estimate of drug-likeness (QED) is 0.654. The van der Waals surface area contributed by atoms with E-state index in [0.29, 0.717) is 12.1 Å². The molecule has 2 aromatic rings. The van der Waals surface area contributed by atoms with E-state index in [1.807, 2.05) is 19.9 Å². The predicted octanol–water partition coefficient (Wildman–Crippen LogP) is 2.86. The van der Waals surface area contributed by atoms with Gasteiger partial charge in [0, 0.05) is 17.3 Å². The first kappa shape index (κ1) is 13.1. The molecule has 0 fully saturated rings. The average molecular weight is 260 g/mol.